The van der Waals surface area contributed by atoms with Crippen molar-refractivity contribution in [3.63, 3.8) is 0 Å². The quantitative estimate of drug-likeness (QED) is 0.637. The smallest absolute Gasteiger partial charge is 0.256 e. The Balaban J connectivity index is 1.88. The fraction of sp³-hybridized carbons (Fsp3) is 0.333. The molecule has 0 aliphatic heterocycles. The lowest BCUT2D eigenvalue weighted by Crippen LogP contribution is -2.18. The van der Waals surface area contributed by atoms with Crippen LogP contribution in [0.4, 0.5) is 5.00 Å². The summed E-state index contributed by atoms with van der Waals surface area (Å²) in [7, 11) is 0. The van der Waals surface area contributed by atoms with Crippen molar-refractivity contribution >= 4 is 39.9 Å². The average molecular weight is 361 g/mol. The van der Waals surface area contributed by atoms with Crippen molar-refractivity contribution in [3.05, 3.63) is 45.8 Å². The van der Waals surface area contributed by atoms with E-state index in [1.165, 1.54) is 22.6 Å². The number of anilines is 1. The second-order valence-electron chi connectivity index (χ2n) is 5.82. The Kier molecular flexibility index (Phi) is 5.26. The van der Waals surface area contributed by atoms with Gasteiger partial charge in [0.05, 0.1) is 5.56 Å². The number of benzene rings is 1. The highest BCUT2D eigenvalue weighted by Crippen LogP contribution is 2.37. The van der Waals surface area contributed by atoms with E-state index in [1.54, 1.807) is 23.9 Å². The molecule has 126 valence electrons. The third-order valence-electron chi connectivity index (χ3n) is 4.25. The fourth-order valence-electron chi connectivity index (χ4n) is 3.01. The minimum Gasteiger partial charge on any atom is -0.365 e. The molecule has 1 aliphatic rings. The van der Waals surface area contributed by atoms with E-state index in [0.29, 0.717) is 16.1 Å². The Morgan fingerprint density at radius 3 is 2.50 bits per heavy atom. The number of aryl methyl sites for hydroxylation is 1. The predicted octanol–water partition coefficient (Wildman–Crippen LogP) is 4.09. The summed E-state index contributed by atoms with van der Waals surface area (Å²) in [6.07, 6.45) is 7.17. The highest BCUT2D eigenvalue weighted by molar-refractivity contribution is 7.98. The second-order valence-corrected chi connectivity index (χ2v) is 7.80. The van der Waals surface area contributed by atoms with Crippen LogP contribution < -0.4 is 11.1 Å². The van der Waals surface area contributed by atoms with Crippen molar-refractivity contribution in [2.45, 2.75) is 37.0 Å². The molecular formula is C18H20N2O2S2. The molecule has 2 amide bonds. The highest BCUT2D eigenvalue weighted by atomic mass is 32.2. The Morgan fingerprint density at radius 2 is 1.83 bits per heavy atom. The summed E-state index contributed by atoms with van der Waals surface area (Å²) in [5, 5.41) is 3.49. The van der Waals surface area contributed by atoms with Crippen molar-refractivity contribution in [2.24, 2.45) is 5.73 Å². The molecule has 0 saturated heterocycles. The lowest BCUT2D eigenvalue weighted by Gasteiger charge is -2.07. The second kappa shape index (κ2) is 7.40. The van der Waals surface area contributed by atoms with Gasteiger partial charge in [-0.25, -0.2) is 0 Å². The first kappa shape index (κ1) is 17.0. The third kappa shape index (κ3) is 3.49. The number of amides is 2. The van der Waals surface area contributed by atoms with E-state index in [4.69, 9.17) is 5.73 Å². The Labute approximate surface area is 149 Å². The highest BCUT2D eigenvalue weighted by Gasteiger charge is 2.24. The van der Waals surface area contributed by atoms with E-state index in [9.17, 15) is 9.59 Å². The number of hydrogen-bond donors (Lipinski definition) is 2. The topological polar surface area (TPSA) is 72.2 Å². The van der Waals surface area contributed by atoms with Gasteiger partial charge in [-0.1, -0.05) is 6.42 Å². The monoisotopic (exact) mass is 360 g/mol. The van der Waals surface area contributed by atoms with Gasteiger partial charge in [0.1, 0.15) is 5.00 Å². The summed E-state index contributed by atoms with van der Waals surface area (Å²) >= 11 is 3.13. The van der Waals surface area contributed by atoms with Crippen LogP contribution in [-0.4, -0.2) is 18.1 Å². The van der Waals surface area contributed by atoms with Crippen LogP contribution in [0.15, 0.2) is 29.2 Å². The fourth-order valence-corrected chi connectivity index (χ4v) is 4.71. The van der Waals surface area contributed by atoms with E-state index in [2.05, 4.69) is 5.32 Å². The molecule has 3 N–H and O–H groups in total. The molecule has 3 rings (SSSR count). The minimum atomic E-state index is -0.456. The summed E-state index contributed by atoms with van der Waals surface area (Å²) in [6, 6.07) is 7.42. The molecular weight excluding hydrogens is 340 g/mol. The third-order valence-corrected chi connectivity index (χ3v) is 6.20. The Hall–Kier alpha value is -1.79. The van der Waals surface area contributed by atoms with Crippen LogP contribution in [0, 0.1) is 0 Å². The largest absolute Gasteiger partial charge is 0.365 e. The molecule has 0 atom stereocenters. The van der Waals surface area contributed by atoms with Crippen LogP contribution in [0.5, 0.6) is 0 Å². The summed E-state index contributed by atoms with van der Waals surface area (Å²) in [6.45, 7) is 0. The van der Waals surface area contributed by atoms with Gasteiger partial charge in [0, 0.05) is 15.3 Å². The van der Waals surface area contributed by atoms with Gasteiger partial charge < -0.3 is 11.1 Å². The molecule has 1 aromatic heterocycles. The van der Waals surface area contributed by atoms with E-state index in [1.807, 2.05) is 18.4 Å². The van der Waals surface area contributed by atoms with Crippen molar-refractivity contribution in [3.8, 4) is 0 Å². The molecule has 0 spiro atoms. The van der Waals surface area contributed by atoms with E-state index in [0.717, 1.165) is 36.1 Å². The molecule has 0 saturated carbocycles. The van der Waals surface area contributed by atoms with Gasteiger partial charge in [-0.3, -0.25) is 9.59 Å². The maximum atomic E-state index is 12.5. The van der Waals surface area contributed by atoms with Gasteiger partial charge >= 0.3 is 0 Å². The first-order chi connectivity index (χ1) is 11.6. The van der Waals surface area contributed by atoms with E-state index < -0.39 is 5.91 Å². The van der Waals surface area contributed by atoms with Crippen LogP contribution in [0.25, 0.3) is 0 Å². The molecule has 1 aromatic carbocycles. The molecule has 0 unspecified atom stereocenters. The first-order valence-corrected chi connectivity index (χ1v) is 10.0. The van der Waals surface area contributed by atoms with Crippen LogP contribution in [0.3, 0.4) is 0 Å². The number of hydrogen-bond acceptors (Lipinski definition) is 4. The number of thiophene rings is 1. The number of nitrogens with one attached hydrogen (secondary N) is 1. The van der Waals surface area contributed by atoms with Gasteiger partial charge in [0.15, 0.2) is 0 Å². The maximum Gasteiger partial charge on any atom is 0.256 e. The van der Waals surface area contributed by atoms with Gasteiger partial charge in [-0.2, -0.15) is 0 Å². The van der Waals surface area contributed by atoms with Gasteiger partial charge in [-0.05, 0) is 61.8 Å². The van der Waals surface area contributed by atoms with Crippen molar-refractivity contribution in [1.29, 1.82) is 0 Å². The summed E-state index contributed by atoms with van der Waals surface area (Å²) in [4.78, 5) is 26.7. The van der Waals surface area contributed by atoms with Gasteiger partial charge in [0.2, 0.25) is 0 Å². The Morgan fingerprint density at radius 1 is 1.12 bits per heavy atom. The van der Waals surface area contributed by atoms with Crippen LogP contribution in [0.2, 0.25) is 0 Å². The van der Waals surface area contributed by atoms with Crippen LogP contribution >= 0.6 is 23.1 Å². The summed E-state index contributed by atoms with van der Waals surface area (Å²) < 4.78 is 0. The lowest BCUT2D eigenvalue weighted by atomic mass is 10.1. The van der Waals surface area contributed by atoms with Gasteiger partial charge in [-0.15, -0.1) is 23.1 Å². The molecule has 0 bridgehead atoms. The van der Waals surface area contributed by atoms with Crippen LogP contribution in [-0.2, 0) is 12.8 Å². The zero-order chi connectivity index (χ0) is 17.1. The summed E-state index contributed by atoms with van der Waals surface area (Å²) in [5.41, 5.74) is 7.72. The molecule has 24 heavy (non-hydrogen) atoms. The minimum absolute atomic E-state index is 0.207. The molecule has 0 fully saturated rings. The zero-order valence-corrected chi connectivity index (χ0v) is 15.2. The maximum absolute atomic E-state index is 12.5. The van der Waals surface area contributed by atoms with E-state index in [-0.39, 0.29) is 5.91 Å². The number of fused-ring (bicyclic) bond motifs is 1. The van der Waals surface area contributed by atoms with E-state index >= 15 is 0 Å². The summed E-state index contributed by atoms with van der Waals surface area (Å²) in [5.74, 6) is -0.663. The normalized spacial score (nSPS) is 13.9. The molecule has 6 heteroatoms. The first-order valence-electron chi connectivity index (χ1n) is 8.00. The zero-order valence-electron chi connectivity index (χ0n) is 13.6. The molecule has 0 radical (unpaired) electrons. The van der Waals surface area contributed by atoms with Crippen molar-refractivity contribution < 1.29 is 9.59 Å². The van der Waals surface area contributed by atoms with Crippen LogP contribution in [0.1, 0.15) is 50.4 Å². The van der Waals surface area contributed by atoms with Gasteiger partial charge in [0.25, 0.3) is 11.8 Å². The number of thioether (sulfide) groups is 1. The number of rotatable bonds is 4. The molecule has 2 aromatic rings. The number of carbonyl (C=O) groups excluding carboxylic acids is 2. The predicted molar refractivity (Wildman–Crippen MR) is 100 cm³/mol. The lowest BCUT2D eigenvalue weighted by molar-refractivity contribution is 0.100. The average Bonchev–Trinajstić information content (AvgIpc) is 2.76. The van der Waals surface area contributed by atoms with Crippen molar-refractivity contribution in [1.82, 2.24) is 0 Å². The molecule has 1 heterocycles. The number of primary amides is 1. The molecule has 4 nitrogen and oxygen atoms in total. The Bertz CT molecular complexity index is 766. The van der Waals surface area contributed by atoms with Crippen molar-refractivity contribution in [2.75, 3.05) is 11.6 Å². The SMILES string of the molecule is CSc1ccc(C(=O)Nc2sc3c(c2C(N)=O)CCCCC3)cc1. The standard InChI is InChI=1S/C18H20N2O2S2/c1-23-12-9-7-11(8-10-12)17(22)20-18-15(16(19)21)13-5-3-2-4-6-14(13)24-18/h7-10H,2-6H2,1H3,(H2,19,21)(H,20,22). The number of nitrogens with two attached hydrogens (primary N) is 1. The number of carbonyl (C=O) groups is 2. The molecule has 1 aliphatic carbocycles.